The molecule has 0 saturated heterocycles. The van der Waals surface area contributed by atoms with Crippen molar-refractivity contribution in [2.24, 2.45) is 0 Å². The summed E-state index contributed by atoms with van der Waals surface area (Å²) in [6.07, 6.45) is 1.06. The van der Waals surface area contributed by atoms with Gasteiger partial charge in [-0.1, -0.05) is 11.6 Å². The topological polar surface area (TPSA) is 76.4 Å². The lowest BCUT2D eigenvalue weighted by Crippen LogP contribution is -2.09. The number of anilines is 1. The molecular weight excluding hydrogens is 338 g/mol. The molecule has 0 atom stereocenters. The summed E-state index contributed by atoms with van der Waals surface area (Å²) in [5, 5.41) is 1.31. The van der Waals surface area contributed by atoms with Crippen LogP contribution in [0.1, 0.15) is 16.1 Å². The van der Waals surface area contributed by atoms with Crippen LogP contribution < -0.4 is 4.72 Å². The molecule has 3 rings (SSSR count). The standard InChI is InChI=1S/C16H12ClNO4S/c1-23(20,21)18-13-5-2-10(3-6-13)16(19)15-9-11-8-12(17)4-7-14(11)22-15/h2-9,18H,1H3. The highest BCUT2D eigenvalue weighted by Crippen LogP contribution is 2.25. The molecule has 0 fully saturated rings. The third kappa shape index (κ3) is 3.55. The Morgan fingerprint density at radius 1 is 1.09 bits per heavy atom. The quantitative estimate of drug-likeness (QED) is 0.729. The molecule has 0 aliphatic carbocycles. The molecule has 0 aliphatic rings. The van der Waals surface area contributed by atoms with Crippen molar-refractivity contribution in [2.45, 2.75) is 0 Å². The Hall–Kier alpha value is -2.31. The van der Waals surface area contributed by atoms with Crippen LogP contribution in [-0.4, -0.2) is 20.5 Å². The van der Waals surface area contributed by atoms with Gasteiger partial charge < -0.3 is 4.42 Å². The second-order valence-electron chi connectivity index (χ2n) is 5.07. The van der Waals surface area contributed by atoms with Gasteiger partial charge in [0.2, 0.25) is 15.8 Å². The predicted molar refractivity (Wildman–Crippen MR) is 89.6 cm³/mol. The van der Waals surface area contributed by atoms with Gasteiger partial charge in [-0.3, -0.25) is 9.52 Å². The molecule has 0 unspecified atom stereocenters. The van der Waals surface area contributed by atoms with Crippen molar-refractivity contribution in [1.82, 2.24) is 0 Å². The number of ketones is 1. The Balaban J connectivity index is 1.89. The average molecular weight is 350 g/mol. The number of carbonyl (C=O) groups excluding carboxylic acids is 1. The van der Waals surface area contributed by atoms with E-state index in [0.717, 1.165) is 11.6 Å². The van der Waals surface area contributed by atoms with Crippen LogP contribution in [0.5, 0.6) is 0 Å². The Kier molecular flexibility index (Phi) is 3.87. The summed E-state index contributed by atoms with van der Waals surface area (Å²) in [6.45, 7) is 0. The van der Waals surface area contributed by atoms with Gasteiger partial charge >= 0.3 is 0 Å². The normalized spacial score (nSPS) is 11.6. The minimum absolute atomic E-state index is 0.200. The number of carbonyl (C=O) groups is 1. The molecule has 1 N–H and O–H groups in total. The number of hydrogen-bond acceptors (Lipinski definition) is 4. The number of furan rings is 1. The molecule has 0 radical (unpaired) electrons. The molecule has 0 bridgehead atoms. The molecule has 1 heterocycles. The van der Waals surface area contributed by atoms with Crippen molar-refractivity contribution in [3.05, 3.63) is 64.9 Å². The van der Waals surface area contributed by atoms with E-state index < -0.39 is 10.0 Å². The highest BCUT2D eigenvalue weighted by atomic mass is 35.5. The fourth-order valence-electron chi connectivity index (χ4n) is 2.17. The summed E-state index contributed by atoms with van der Waals surface area (Å²) in [7, 11) is -3.35. The van der Waals surface area contributed by atoms with Crippen LogP contribution in [0, 0.1) is 0 Å². The molecule has 0 saturated carbocycles. The highest BCUT2D eigenvalue weighted by Gasteiger charge is 2.15. The summed E-state index contributed by atoms with van der Waals surface area (Å²) in [5.41, 5.74) is 1.36. The lowest BCUT2D eigenvalue weighted by molar-refractivity contribution is 0.101. The second-order valence-corrected chi connectivity index (χ2v) is 7.26. The van der Waals surface area contributed by atoms with Gasteiger partial charge in [-0.15, -0.1) is 0 Å². The third-order valence-corrected chi connectivity index (χ3v) is 3.99. The minimum atomic E-state index is -3.35. The summed E-state index contributed by atoms with van der Waals surface area (Å²) < 4.78 is 30.2. The molecule has 2 aromatic carbocycles. The Morgan fingerprint density at radius 3 is 2.43 bits per heavy atom. The summed E-state index contributed by atoms with van der Waals surface area (Å²) >= 11 is 5.91. The Bertz CT molecular complexity index is 991. The van der Waals surface area contributed by atoms with Crippen LogP contribution in [0.4, 0.5) is 5.69 Å². The van der Waals surface area contributed by atoms with E-state index in [2.05, 4.69) is 4.72 Å². The van der Waals surface area contributed by atoms with Crippen molar-refractivity contribution >= 4 is 44.1 Å². The molecule has 118 valence electrons. The van der Waals surface area contributed by atoms with Crippen LogP contribution in [0.25, 0.3) is 11.0 Å². The number of rotatable bonds is 4. The minimum Gasteiger partial charge on any atom is -0.453 e. The van der Waals surface area contributed by atoms with Gasteiger partial charge in [0.05, 0.1) is 6.26 Å². The molecule has 0 amide bonds. The first-order chi connectivity index (χ1) is 10.8. The van der Waals surface area contributed by atoms with Crippen LogP contribution >= 0.6 is 11.6 Å². The zero-order valence-corrected chi connectivity index (χ0v) is 13.6. The summed E-state index contributed by atoms with van der Waals surface area (Å²) in [6, 6.07) is 12.9. The Labute approximate surface area is 137 Å². The Morgan fingerprint density at radius 2 is 1.78 bits per heavy atom. The van der Waals surface area contributed by atoms with E-state index >= 15 is 0 Å². The maximum atomic E-state index is 12.4. The first-order valence-electron chi connectivity index (χ1n) is 6.63. The van der Waals surface area contributed by atoms with E-state index in [-0.39, 0.29) is 11.5 Å². The number of hydrogen-bond donors (Lipinski definition) is 1. The van der Waals surface area contributed by atoms with Gasteiger partial charge in [0.1, 0.15) is 5.58 Å². The lowest BCUT2D eigenvalue weighted by atomic mass is 10.1. The SMILES string of the molecule is CS(=O)(=O)Nc1ccc(C(=O)c2cc3cc(Cl)ccc3o2)cc1. The zero-order valence-electron chi connectivity index (χ0n) is 12.0. The summed E-state index contributed by atoms with van der Waals surface area (Å²) in [5.74, 6) is -0.0886. The van der Waals surface area contributed by atoms with Gasteiger partial charge in [0.25, 0.3) is 0 Å². The molecule has 0 spiro atoms. The van der Waals surface area contributed by atoms with E-state index in [9.17, 15) is 13.2 Å². The van der Waals surface area contributed by atoms with Crippen molar-refractivity contribution < 1.29 is 17.6 Å². The highest BCUT2D eigenvalue weighted by molar-refractivity contribution is 7.92. The van der Waals surface area contributed by atoms with Gasteiger partial charge in [0, 0.05) is 21.7 Å². The molecule has 1 aromatic heterocycles. The maximum absolute atomic E-state index is 12.4. The predicted octanol–water partition coefficient (Wildman–Crippen LogP) is 3.69. The number of halogens is 1. The van der Waals surface area contributed by atoms with Crippen molar-refractivity contribution in [3.63, 3.8) is 0 Å². The van der Waals surface area contributed by atoms with E-state index in [1.807, 2.05) is 0 Å². The average Bonchev–Trinajstić information content (AvgIpc) is 2.88. The zero-order chi connectivity index (χ0) is 16.6. The van der Waals surface area contributed by atoms with Crippen LogP contribution in [0.2, 0.25) is 5.02 Å². The molecule has 0 aliphatic heterocycles. The number of benzene rings is 2. The number of nitrogens with one attached hydrogen (secondary N) is 1. The van der Waals surface area contributed by atoms with Crippen LogP contribution in [0.3, 0.4) is 0 Å². The molecule has 3 aromatic rings. The smallest absolute Gasteiger partial charge is 0.229 e. The first kappa shape index (κ1) is 15.6. The van der Waals surface area contributed by atoms with Crippen molar-refractivity contribution in [2.75, 3.05) is 11.0 Å². The third-order valence-electron chi connectivity index (χ3n) is 3.15. The van der Waals surface area contributed by atoms with E-state index in [1.54, 1.807) is 24.3 Å². The van der Waals surface area contributed by atoms with Gasteiger partial charge in [-0.25, -0.2) is 8.42 Å². The first-order valence-corrected chi connectivity index (χ1v) is 8.90. The van der Waals surface area contributed by atoms with E-state index in [0.29, 0.717) is 21.9 Å². The maximum Gasteiger partial charge on any atom is 0.229 e. The van der Waals surface area contributed by atoms with E-state index in [4.69, 9.17) is 16.0 Å². The fourth-order valence-corrected chi connectivity index (χ4v) is 2.92. The lowest BCUT2D eigenvalue weighted by Gasteiger charge is -2.04. The van der Waals surface area contributed by atoms with Gasteiger partial charge in [-0.05, 0) is 48.5 Å². The van der Waals surface area contributed by atoms with Crippen LogP contribution in [0.15, 0.2) is 52.9 Å². The number of sulfonamides is 1. The van der Waals surface area contributed by atoms with Crippen molar-refractivity contribution in [1.29, 1.82) is 0 Å². The number of fused-ring (bicyclic) bond motifs is 1. The van der Waals surface area contributed by atoms with E-state index in [1.165, 1.54) is 24.3 Å². The molecule has 7 heteroatoms. The molecular formula is C16H12ClNO4S. The summed E-state index contributed by atoms with van der Waals surface area (Å²) in [4.78, 5) is 12.4. The second kappa shape index (κ2) is 5.72. The monoisotopic (exact) mass is 349 g/mol. The van der Waals surface area contributed by atoms with Crippen molar-refractivity contribution in [3.8, 4) is 0 Å². The molecule has 23 heavy (non-hydrogen) atoms. The van der Waals surface area contributed by atoms with Gasteiger partial charge in [-0.2, -0.15) is 0 Å². The fraction of sp³-hybridized carbons (Fsp3) is 0.0625. The van der Waals surface area contributed by atoms with Crippen LogP contribution in [-0.2, 0) is 10.0 Å². The largest absolute Gasteiger partial charge is 0.453 e. The van der Waals surface area contributed by atoms with Gasteiger partial charge in [0.15, 0.2) is 5.76 Å². The molecule has 5 nitrogen and oxygen atoms in total.